The third-order valence-electron chi connectivity index (χ3n) is 8.28. The summed E-state index contributed by atoms with van der Waals surface area (Å²) in [4.78, 5) is 16.0. The number of anilines is 1. The van der Waals surface area contributed by atoms with Crippen molar-refractivity contribution in [3.05, 3.63) is 96.4 Å². The highest BCUT2D eigenvalue weighted by molar-refractivity contribution is 5.80. The number of fused-ring (bicyclic) bond motifs is 1. The Morgan fingerprint density at radius 2 is 1.76 bits per heavy atom. The second-order valence-electron chi connectivity index (χ2n) is 11.1. The first-order valence-corrected chi connectivity index (χ1v) is 13.7. The lowest BCUT2D eigenvalue weighted by molar-refractivity contribution is 0.0434. The normalized spacial score (nSPS) is 20.5. The van der Waals surface area contributed by atoms with Crippen LogP contribution < -0.4 is 10.6 Å². The molecule has 0 spiro atoms. The summed E-state index contributed by atoms with van der Waals surface area (Å²) in [5.41, 5.74) is 12.3. The van der Waals surface area contributed by atoms with Gasteiger partial charge in [0.15, 0.2) is 0 Å². The van der Waals surface area contributed by atoms with Gasteiger partial charge in [0.05, 0.1) is 35.1 Å². The summed E-state index contributed by atoms with van der Waals surface area (Å²) in [6.07, 6.45) is 15.2. The standard InChI is InChI=1S/C30H30FN9O/c1-30(32,22-2-4-24(31)5-3-22)23-14-33-29(34-15-23)38-8-6-19(7-9-38)28-27-10-20(16-40(27)37-18-35-28)21-13-36-39(17-21)25-11-26(41)12-25/h2-6,10,13-18,25-26,41H,7-9,11-12,32H2,1H3/t25?,26?,30-/m0/s1. The van der Waals surface area contributed by atoms with Crippen molar-refractivity contribution in [1.82, 2.24) is 34.3 Å². The van der Waals surface area contributed by atoms with Gasteiger partial charge in [-0.05, 0) is 55.5 Å². The van der Waals surface area contributed by atoms with E-state index in [0.717, 1.165) is 64.8 Å². The summed E-state index contributed by atoms with van der Waals surface area (Å²) >= 11 is 0. The molecule has 1 aromatic carbocycles. The van der Waals surface area contributed by atoms with Crippen molar-refractivity contribution in [1.29, 1.82) is 0 Å². The van der Waals surface area contributed by atoms with Gasteiger partial charge in [-0.1, -0.05) is 18.2 Å². The number of benzene rings is 1. The monoisotopic (exact) mass is 551 g/mol. The first kappa shape index (κ1) is 25.5. The molecule has 7 rings (SSSR count). The van der Waals surface area contributed by atoms with Crippen molar-refractivity contribution >= 4 is 17.0 Å². The lowest BCUT2D eigenvalue weighted by atomic mass is 9.87. The Morgan fingerprint density at radius 3 is 2.46 bits per heavy atom. The zero-order valence-corrected chi connectivity index (χ0v) is 22.6. The van der Waals surface area contributed by atoms with Crippen LogP contribution in [0.3, 0.4) is 0 Å². The molecule has 208 valence electrons. The highest BCUT2D eigenvalue weighted by atomic mass is 19.1. The minimum absolute atomic E-state index is 0.220. The minimum Gasteiger partial charge on any atom is -0.393 e. The van der Waals surface area contributed by atoms with Gasteiger partial charge in [-0.3, -0.25) is 4.68 Å². The number of nitrogens with zero attached hydrogens (tertiary/aromatic N) is 8. The Hall–Kier alpha value is -4.48. The van der Waals surface area contributed by atoms with Crippen molar-refractivity contribution in [3.63, 3.8) is 0 Å². The summed E-state index contributed by atoms with van der Waals surface area (Å²) in [5, 5.41) is 18.6. The molecule has 0 bridgehead atoms. The molecule has 0 radical (unpaired) electrons. The molecule has 0 saturated heterocycles. The van der Waals surface area contributed by atoms with E-state index >= 15 is 0 Å². The third-order valence-corrected chi connectivity index (χ3v) is 8.28. The maximum Gasteiger partial charge on any atom is 0.225 e. The van der Waals surface area contributed by atoms with Gasteiger partial charge in [0.1, 0.15) is 12.1 Å². The fraction of sp³-hybridized carbons (Fsp3) is 0.300. The number of nitrogens with two attached hydrogens (primary N) is 1. The molecule has 1 aliphatic carbocycles. The minimum atomic E-state index is -0.839. The highest BCUT2D eigenvalue weighted by Crippen LogP contribution is 2.34. The van der Waals surface area contributed by atoms with Crippen LogP contribution in [0.25, 0.3) is 22.2 Å². The van der Waals surface area contributed by atoms with E-state index in [2.05, 4.69) is 42.2 Å². The largest absolute Gasteiger partial charge is 0.393 e. The summed E-state index contributed by atoms with van der Waals surface area (Å²) in [6, 6.07) is 8.55. The number of hydrogen-bond donors (Lipinski definition) is 2. The summed E-state index contributed by atoms with van der Waals surface area (Å²) in [7, 11) is 0. The number of aliphatic hydroxyl groups excluding tert-OH is 1. The van der Waals surface area contributed by atoms with Crippen LogP contribution in [0.2, 0.25) is 0 Å². The summed E-state index contributed by atoms with van der Waals surface area (Å²) in [5.74, 6) is 0.333. The van der Waals surface area contributed by atoms with E-state index in [1.165, 1.54) is 12.1 Å². The topological polar surface area (TPSA) is 123 Å². The maximum atomic E-state index is 13.4. The average Bonchev–Trinajstić information content (AvgIpc) is 3.63. The number of halogens is 1. The van der Waals surface area contributed by atoms with E-state index in [1.54, 1.807) is 30.9 Å². The van der Waals surface area contributed by atoms with Crippen LogP contribution in [0.4, 0.5) is 10.3 Å². The second-order valence-corrected chi connectivity index (χ2v) is 11.1. The highest BCUT2D eigenvalue weighted by Gasteiger charge is 2.29. The summed E-state index contributed by atoms with van der Waals surface area (Å²) < 4.78 is 17.2. The molecule has 3 N–H and O–H groups in total. The fourth-order valence-electron chi connectivity index (χ4n) is 5.58. The first-order valence-electron chi connectivity index (χ1n) is 13.7. The molecule has 4 aromatic heterocycles. The summed E-state index contributed by atoms with van der Waals surface area (Å²) in [6.45, 7) is 3.26. The Bertz CT molecular complexity index is 1730. The van der Waals surface area contributed by atoms with Crippen LogP contribution in [0.5, 0.6) is 0 Å². The Labute approximate surface area is 236 Å². The van der Waals surface area contributed by atoms with Crippen LogP contribution in [-0.2, 0) is 5.54 Å². The zero-order valence-electron chi connectivity index (χ0n) is 22.6. The second kappa shape index (κ2) is 9.86. The van der Waals surface area contributed by atoms with Crippen molar-refractivity contribution < 1.29 is 9.50 Å². The fourth-order valence-corrected chi connectivity index (χ4v) is 5.58. The van der Waals surface area contributed by atoms with Gasteiger partial charge in [-0.2, -0.15) is 10.2 Å². The molecule has 0 amide bonds. The van der Waals surface area contributed by atoms with Crippen molar-refractivity contribution in [2.45, 2.75) is 43.9 Å². The molecule has 1 fully saturated rings. The lowest BCUT2D eigenvalue weighted by Crippen LogP contribution is -2.35. The quantitative estimate of drug-likeness (QED) is 0.327. The van der Waals surface area contributed by atoms with Crippen LogP contribution in [-0.4, -0.2) is 58.6 Å². The Kier molecular flexibility index (Phi) is 6.13. The molecule has 1 saturated carbocycles. The molecule has 10 nitrogen and oxygen atoms in total. The molecule has 1 atom stereocenters. The first-order chi connectivity index (χ1) is 19.8. The van der Waals surface area contributed by atoms with E-state index in [-0.39, 0.29) is 18.0 Å². The maximum absolute atomic E-state index is 13.4. The number of hydrogen-bond acceptors (Lipinski definition) is 8. The van der Waals surface area contributed by atoms with Gasteiger partial charge in [-0.25, -0.2) is 23.9 Å². The SMILES string of the molecule is C[C@](N)(c1ccc(F)cc1)c1cnc(N2CC=C(c3ncnn4cc(-c5cnn(C6CC(O)C6)c5)cc34)CC2)nc1. The van der Waals surface area contributed by atoms with Crippen molar-refractivity contribution in [2.75, 3.05) is 18.0 Å². The molecular formula is C30H30FN9O. The molecule has 41 heavy (non-hydrogen) atoms. The van der Waals surface area contributed by atoms with E-state index in [1.807, 2.05) is 34.7 Å². The lowest BCUT2D eigenvalue weighted by Gasteiger charge is -2.31. The molecule has 1 aliphatic heterocycles. The zero-order chi connectivity index (χ0) is 28.1. The Balaban J connectivity index is 1.08. The van der Waals surface area contributed by atoms with Gasteiger partial charge in [0.25, 0.3) is 0 Å². The molecule has 5 aromatic rings. The Morgan fingerprint density at radius 1 is 0.976 bits per heavy atom. The van der Waals surface area contributed by atoms with E-state index < -0.39 is 5.54 Å². The third kappa shape index (κ3) is 4.66. The van der Waals surface area contributed by atoms with Crippen LogP contribution in [0.1, 0.15) is 49.0 Å². The molecule has 5 heterocycles. The van der Waals surface area contributed by atoms with Gasteiger partial charge < -0.3 is 15.7 Å². The van der Waals surface area contributed by atoms with Crippen molar-refractivity contribution in [2.24, 2.45) is 5.73 Å². The molecule has 0 unspecified atom stereocenters. The van der Waals surface area contributed by atoms with E-state index in [4.69, 9.17) is 5.73 Å². The van der Waals surface area contributed by atoms with Crippen LogP contribution in [0, 0.1) is 5.82 Å². The number of aliphatic hydroxyl groups is 1. The van der Waals surface area contributed by atoms with Gasteiger partial charge in [0.2, 0.25) is 5.95 Å². The van der Waals surface area contributed by atoms with Gasteiger partial charge >= 0.3 is 0 Å². The van der Waals surface area contributed by atoms with Crippen LogP contribution >= 0.6 is 0 Å². The number of aromatic nitrogens is 7. The van der Waals surface area contributed by atoms with E-state index in [9.17, 15) is 9.50 Å². The predicted octanol–water partition coefficient (Wildman–Crippen LogP) is 3.73. The van der Waals surface area contributed by atoms with E-state index in [0.29, 0.717) is 12.5 Å². The molecular weight excluding hydrogens is 521 g/mol. The average molecular weight is 552 g/mol. The molecule has 11 heteroatoms. The molecule has 2 aliphatic rings. The van der Waals surface area contributed by atoms with Gasteiger partial charge in [-0.15, -0.1) is 0 Å². The smallest absolute Gasteiger partial charge is 0.225 e. The number of rotatable bonds is 6. The van der Waals surface area contributed by atoms with Crippen molar-refractivity contribution in [3.8, 4) is 11.1 Å². The van der Waals surface area contributed by atoms with Gasteiger partial charge in [0, 0.05) is 54.6 Å². The van der Waals surface area contributed by atoms with Crippen LogP contribution in [0.15, 0.2) is 73.7 Å². The predicted molar refractivity (Wildman–Crippen MR) is 152 cm³/mol.